The van der Waals surface area contributed by atoms with Crippen LogP contribution in [-0.2, 0) is 12.0 Å². The van der Waals surface area contributed by atoms with Gasteiger partial charge in [-0.2, -0.15) is 4.57 Å². The molecule has 0 saturated carbocycles. The number of pyridine rings is 1. The lowest BCUT2D eigenvalue weighted by atomic mass is 9.69. The molecule has 18 heavy (non-hydrogen) atoms. The molecule has 0 unspecified atom stereocenters. The first-order chi connectivity index (χ1) is 8.81. The van der Waals surface area contributed by atoms with Crippen molar-refractivity contribution < 1.29 is 4.57 Å². The molecule has 2 aromatic rings. The summed E-state index contributed by atoms with van der Waals surface area (Å²) >= 11 is 0. The molecule has 0 spiro atoms. The summed E-state index contributed by atoms with van der Waals surface area (Å²) in [5.41, 5.74) is 4.66. The molecular weight excluding hydrogens is 218 g/mol. The highest BCUT2D eigenvalue weighted by atomic mass is 15.0. The van der Waals surface area contributed by atoms with Crippen LogP contribution in [0.3, 0.4) is 0 Å². The Morgan fingerprint density at radius 1 is 1.00 bits per heavy atom. The van der Waals surface area contributed by atoms with Crippen molar-refractivity contribution in [3.63, 3.8) is 0 Å². The minimum absolute atomic E-state index is 0.191. The first kappa shape index (κ1) is 11.5. The van der Waals surface area contributed by atoms with Crippen molar-refractivity contribution in [1.29, 1.82) is 0 Å². The monoisotopic (exact) mass is 238 g/mol. The van der Waals surface area contributed by atoms with Crippen LogP contribution < -0.4 is 4.57 Å². The summed E-state index contributed by atoms with van der Waals surface area (Å²) in [4.78, 5) is 0. The van der Waals surface area contributed by atoms with Gasteiger partial charge in [0, 0.05) is 17.7 Å². The molecule has 0 aliphatic carbocycles. The molecule has 0 fully saturated rings. The highest BCUT2D eigenvalue weighted by Crippen LogP contribution is 2.40. The molecule has 1 nitrogen and oxygen atoms in total. The van der Waals surface area contributed by atoms with E-state index in [0.717, 1.165) is 19.4 Å². The third-order valence-corrected chi connectivity index (χ3v) is 4.51. The minimum atomic E-state index is 0.191. The maximum atomic E-state index is 2.41. The van der Waals surface area contributed by atoms with Crippen LogP contribution in [0.25, 0.3) is 0 Å². The second kappa shape index (κ2) is 4.24. The summed E-state index contributed by atoms with van der Waals surface area (Å²) in [6.45, 7) is 5.62. The molecule has 0 amide bonds. The standard InChI is InChI=1S/C17H20N/c1-3-17(4-2)15-10-6-5-9-14(15)13-18-12-8-7-11-16(17)18/h5-12H,3-4,13H2,1-2H3/q+1. The Morgan fingerprint density at radius 2 is 1.72 bits per heavy atom. The molecule has 0 saturated heterocycles. The Kier molecular flexibility index (Phi) is 2.70. The molecule has 1 heteroatoms. The fraction of sp³-hybridized carbons (Fsp3) is 0.353. The Morgan fingerprint density at radius 3 is 2.50 bits per heavy atom. The van der Waals surface area contributed by atoms with Gasteiger partial charge >= 0.3 is 0 Å². The van der Waals surface area contributed by atoms with E-state index in [4.69, 9.17) is 0 Å². The van der Waals surface area contributed by atoms with Crippen LogP contribution in [0.4, 0.5) is 0 Å². The molecular formula is C17H20N+. The third kappa shape index (κ3) is 1.43. The van der Waals surface area contributed by atoms with Gasteiger partial charge in [-0.25, -0.2) is 0 Å². The maximum Gasteiger partial charge on any atom is 0.192 e. The average Bonchev–Trinajstić information content (AvgIpc) is 2.45. The quantitative estimate of drug-likeness (QED) is 0.706. The van der Waals surface area contributed by atoms with Gasteiger partial charge in [0.15, 0.2) is 18.4 Å². The molecule has 1 aromatic heterocycles. The van der Waals surface area contributed by atoms with Gasteiger partial charge in [0.25, 0.3) is 0 Å². The predicted octanol–water partition coefficient (Wildman–Crippen LogP) is 3.44. The van der Waals surface area contributed by atoms with E-state index in [0.29, 0.717) is 0 Å². The van der Waals surface area contributed by atoms with E-state index in [1.54, 1.807) is 0 Å². The fourth-order valence-electron chi connectivity index (χ4n) is 3.49. The number of aromatic nitrogens is 1. The van der Waals surface area contributed by atoms with Gasteiger partial charge in [0.05, 0.1) is 5.41 Å². The smallest absolute Gasteiger partial charge is 0.192 e. The zero-order valence-corrected chi connectivity index (χ0v) is 11.2. The van der Waals surface area contributed by atoms with E-state index < -0.39 is 0 Å². The summed E-state index contributed by atoms with van der Waals surface area (Å²) in [5.74, 6) is 0. The minimum Gasteiger partial charge on any atom is -0.197 e. The van der Waals surface area contributed by atoms with Crippen molar-refractivity contribution in [2.45, 2.75) is 38.6 Å². The second-order valence-corrected chi connectivity index (χ2v) is 5.16. The lowest BCUT2D eigenvalue weighted by Crippen LogP contribution is -2.50. The van der Waals surface area contributed by atoms with Crippen molar-refractivity contribution in [3.8, 4) is 0 Å². The van der Waals surface area contributed by atoms with Crippen LogP contribution in [0.5, 0.6) is 0 Å². The SMILES string of the molecule is CCC1(CC)c2ccccc2C[n+]2ccccc21. The van der Waals surface area contributed by atoms with Gasteiger partial charge in [0.1, 0.15) is 0 Å². The van der Waals surface area contributed by atoms with Gasteiger partial charge < -0.3 is 0 Å². The third-order valence-electron chi connectivity index (χ3n) is 4.51. The number of rotatable bonds is 2. The largest absolute Gasteiger partial charge is 0.197 e. The molecule has 0 atom stereocenters. The predicted molar refractivity (Wildman–Crippen MR) is 73.5 cm³/mol. The number of benzene rings is 1. The normalized spacial score (nSPS) is 15.9. The molecule has 0 N–H and O–H groups in total. The average molecular weight is 238 g/mol. The summed E-state index contributed by atoms with van der Waals surface area (Å²) in [6, 6.07) is 15.5. The van der Waals surface area contributed by atoms with Crippen LogP contribution in [0, 0.1) is 0 Å². The van der Waals surface area contributed by atoms with Crippen LogP contribution in [-0.4, -0.2) is 0 Å². The molecule has 3 rings (SSSR count). The molecule has 1 aromatic carbocycles. The summed E-state index contributed by atoms with van der Waals surface area (Å²) in [6.07, 6.45) is 4.53. The van der Waals surface area contributed by atoms with Crippen molar-refractivity contribution in [3.05, 3.63) is 65.5 Å². The molecule has 1 aliphatic heterocycles. The van der Waals surface area contributed by atoms with E-state index in [1.165, 1.54) is 16.8 Å². The number of hydrogen-bond acceptors (Lipinski definition) is 0. The number of hydrogen-bond donors (Lipinski definition) is 0. The zero-order chi connectivity index (χ0) is 12.6. The van der Waals surface area contributed by atoms with Crippen molar-refractivity contribution in [1.82, 2.24) is 0 Å². The first-order valence-electron chi connectivity index (χ1n) is 6.89. The Labute approximate surface area is 109 Å². The highest BCUT2D eigenvalue weighted by molar-refractivity contribution is 5.41. The van der Waals surface area contributed by atoms with Crippen molar-refractivity contribution >= 4 is 0 Å². The highest BCUT2D eigenvalue weighted by Gasteiger charge is 2.42. The van der Waals surface area contributed by atoms with Crippen molar-refractivity contribution in [2.75, 3.05) is 0 Å². The lowest BCUT2D eigenvalue weighted by molar-refractivity contribution is -0.701. The van der Waals surface area contributed by atoms with E-state index in [9.17, 15) is 0 Å². The fourth-order valence-corrected chi connectivity index (χ4v) is 3.49. The van der Waals surface area contributed by atoms with Gasteiger partial charge in [-0.05, 0) is 18.4 Å². The van der Waals surface area contributed by atoms with Gasteiger partial charge in [-0.1, -0.05) is 44.2 Å². The van der Waals surface area contributed by atoms with Crippen molar-refractivity contribution in [2.24, 2.45) is 0 Å². The van der Waals surface area contributed by atoms with Crippen LogP contribution >= 0.6 is 0 Å². The Balaban J connectivity index is 2.30. The summed E-state index contributed by atoms with van der Waals surface area (Å²) in [5, 5.41) is 0. The van der Waals surface area contributed by atoms with Gasteiger partial charge in [-0.15, -0.1) is 0 Å². The molecule has 92 valence electrons. The van der Waals surface area contributed by atoms with E-state index >= 15 is 0 Å². The molecule has 1 aliphatic rings. The van der Waals surface area contributed by atoms with Gasteiger partial charge in [0.2, 0.25) is 0 Å². The Hall–Kier alpha value is -1.63. The van der Waals surface area contributed by atoms with E-state index in [-0.39, 0.29) is 5.41 Å². The summed E-state index contributed by atoms with van der Waals surface area (Å²) in [7, 11) is 0. The number of nitrogens with zero attached hydrogens (tertiary/aromatic N) is 1. The topological polar surface area (TPSA) is 3.88 Å². The lowest BCUT2D eigenvalue weighted by Gasteiger charge is -2.34. The molecule has 0 radical (unpaired) electrons. The van der Waals surface area contributed by atoms with Gasteiger partial charge in [-0.3, -0.25) is 0 Å². The maximum absolute atomic E-state index is 2.41. The molecule has 2 heterocycles. The number of fused-ring (bicyclic) bond motifs is 2. The second-order valence-electron chi connectivity index (χ2n) is 5.16. The van der Waals surface area contributed by atoms with E-state index in [2.05, 4.69) is 67.1 Å². The molecule has 0 bridgehead atoms. The van der Waals surface area contributed by atoms with Crippen LogP contribution in [0.1, 0.15) is 43.5 Å². The van der Waals surface area contributed by atoms with Crippen LogP contribution in [0.2, 0.25) is 0 Å². The first-order valence-corrected chi connectivity index (χ1v) is 6.89. The van der Waals surface area contributed by atoms with E-state index in [1.807, 2.05) is 0 Å². The zero-order valence-electron chi connectivity index (χ0n) is 11.2. The summed E-state index contributed by atoms with van der Waals surface area (Å²) < 4.78 is 2.41. The van der Waals surface area contributed by atoms with Crippen LogP contribution in [0.15, 0.2) is 48.7 Å². The Bertz CT molecular complexity index is 520.